The minimum absolute atomic E-state index is 0.0495. The van der Waals surface area contributed by atoms with Gasteiger partial charge in [0.2, 0.25) is 0 Å². The summed E-state index contributed by atoms with van der Waals surface area (Å²) in [5.74, 6) is 2.31. The number of nitrogens with one attached hydrogen (secondary N) is 1. The van der Waals surface area contributed by atoms with Gasteiger partial charge in [-0.05, 0) is 98.1 Å². The molecule has 6 heteroatoms. The topological polar surface area (TPSA) is 58.6 Å². The van der Waals surface area contributed by atoms with E-state index in [-0.39, 0.29) is 35.1 Å². The number of carbonyl (C=O) groups is 2. The van der Waals surface area contributed by atoms with Crippen LogP contribution in [0.2, 0.25) is 0 Å². The van der Waals surface area contributed by atoms with Crippen molar-refractivity contribution in [1.82, 2.24) is 10.2 Å². The Bertz CT molecular complexity index is 958. The second-order valence-corrected chi connectivity index (χ2v) is 12.0. The number of esters is 1. The first-order chi connectivity index (χ1) is 16.4. The molecule has 2 atom stereocenters. The van der Waals surface area contributed by atoms with Crippen molar-refractivity contribution < 1.29 is 18.7 Å². The molecular weight excluding hydrogens is 431 g/mol. The number of likely N-dealkylation sites (tertiary alicyclic amines) is 1. The molecule has 5 aliphatic carbocycles. The third kappa shape index (κ3) is 3.46. The highest BCUT2D eigenvalue weighted by molar-refractivity contribution is 5.75. The van der Waals surface area contributed by atoms with E-state index >= 15 is 4.39 Å². The summed E-state index contributed by atoms with van der Waals surface area (Å²) in [4.78, 5) is 27.6. The average Bonchev–Trinajstić information content (AvgIpc) is 3.15. The van der Waals surface area contributed by atoms with Crippen LogP contribution in [0.3, 0.4) is 0 Å². The second kappa shape index (κ2) is 8.23. The first-order valence-corrected chi connectivity index (χ1v) is 13.3. The summed E-state index contributed by atoms with van der Waals surface area (Å²) in [5, 5.41) is 3.44. The second-order valence-electron chi connectivity index (χ2n) is 12.0. The number of urea groups is 1. The van der Waals surface area contributed by atoms with Gasteiger partial charge in [-0.15, -0.1) is 0 Å². The Labute approximate surface area is 201 Å². The van der Waals surface area contributed by atoms with Crippen LogP contribution in [0.1, 0.15) is 75.3 Å². The van der Waals surface area contributed by atoms with Crippen molar-refractivity contribution in [3.8, 4) is 0 Å². The number of halogens is 1. The first-order valence-electron chi connectivity index (χ1n) is 13.3. The van der Waals surface area contributed by atoms with Crippen molar-refractivity contribution in [3.63, 3.8) is 0 Å². The highest BCUT2D eigenvalue weighted by Crippen LogP contribution is 2.56. The Morgan fingerprint density at radius 1 is 1.09 bits per heavy atom. The summed E-state index contributed by atoms with van der Waals surface area (Å²) in [6.07, 6.45) is 8.78. The van der Waals surface area contributed by atoms with E-state index in [1.54, 1.807) is 6.07 Å². The molecule has 1 aromatic carbocycles. The number of amides is 2. The SMILES string of the molecule is COC(=O)C(C)C1CC2(CCN(C(=O)NC3C4CC5CC(C4)CC3C5)CC2)c2c(F)cccc21. The molecule has 1 aromatic rings. The zero-order valence-electron chi connectivity index (χ0n) is 20.4. The highest BCUT2D eigenvalue weighted by atomic mass is 19.1. The van der Waals surface area contributed by atoms with Gasteiger partial charge in [-0.1, -0.05) is 19.1 Å². The van der Waals surface area contributed by atoms with Crippen LogP contribution in [0.4, 0.5) is 9.18 Å². The molecule has 5 fully saturated rings. The van der Waals surface area contributed by atoms with Crippen LogP contribution in [0.5, 0.6) is 0 Å². The van der Waals surface area contributed by atoms with Gasteiger partial charge in [0, 0.05) is 24.5 Å². The number of piperidine rings is 1. The molecule has 5 nitrogen and oxygen atoms in total. The molecule has 184 valence electrons. The number of hydrogen-bond acceptors (Lipinski definition) is 3. The predicted octanol–water partition coefficient (Wildman–Crippen LogP) is 4.99. The Hall–Kier alpha value is -2.11. The molecule has 34 heavy (non-hydrogen) atoms. The van der Waals surface area contributed by atoms with Crippen molar-refractivity contribution in [2.45, 2.75) is 75.7 Å². The number of carbonyl (C=O) groups excluding carboxylic acids is 2. The minimum Gasteiger partial charge on any atom is -0.469 e. The van der Waals surface area contributed by atoms with Crippen LogP contribution in [0.25, 0.3) is 0 Å². The third-order valence-corrected chi connectivity index (χ3v) is 10.3. The van der Waals surface area contributed by atoms with E-state index in [1.807, 2.05) is 17.9 Å². The van der Waals surface area contributed by atoms with Crippen molar-refractivity contribution in [2.24, 2.45) is 29.6 Å². The smallest absolute Gasteiger partial charge is 0.317 e. The number of fused-ring (bicyclic) bond motifs is 2. The lowest BCUT2D eigenvalue weighted by Crippen LogP contribution is -2.59. The largest absolute Gasteiger partial charge is 0.469 e. The van der Waals surface area contributed by atoms with Crippen molar-refractivity contribution in [2.75, 3.05) is 20.2 Å². The molecule has 4 saturated carbocycles. The van der Waals surface area contributed by atoms with Crippen molar-refractivity contribution >= 4 is 12.0 Å². The van der Waals surface area contributed by atoms with E-state index < -0.39 is 0 Å². The van der Waals surface area contributed by atoms with Crippen molar-refractivity contribution in [1.29, 1.82) is 0 Å². The maximum atomic E-state index is 15.2. The monoisotopic (exact) mass is 468 g/mol. The predicted molar refractivity (Wildman–Crippen MR) is 127 cm³/mol. The fraction of sp³-hybridized carbons (Fsp3) is 0.714. The highest BCUT2D eigenvalue weighted by Gasteiger charge is 2.51. The van der Waals surface area contributed by atoms with Crippen LogP contribution in [-0.4, -0.2) is 43.1 Å². The van der Waals surface area contributed by atoms with E-state index in [1.165, 1.54) is 45.3 Å². The van der Waals surface area contributed by atoms with Gasteiger partial charge in [0.25, 0.3) is 0 Å². The summed E-state index contributed by atoms with van der Waals surface area (Å²) in [7, 11) is 1.41. The molecule has 1 spiro atoms. The molecule has 2 unspecified atom stereocenters. The number of ether oxygens (including phenoxy) is 1. The van der Waals surface area contributed by atoms with Gasteiger partial charge >= 0.3 is 12.0 Å². The van der Waals surface area contributed by atoms with Crippen LogP contribution in [0, 0.1) is 35.4 Å². The number of rotatable bonds is 3. The van der Waals surface area contributed by atoms with Crippen LogP contribution >= 0.6 is 0 Å². The number of benzene rings is 1. The molecule has 1 heterocycles. The maximum absolute atomic E-state index is 15.2. The lowest BCUT2D eigenvalue weighted by Gasteiger charge is -2.54. The lowest BCUT2D eigenvalue weighted by atomic mass is 9.54. The van der Waals surface area contributed by atoms with E-state index in [2.05, 4.69) is 5.32 Å². The van der Waals surface area contributed by atoms with Crippen LogP contribution < -0.4 is 5.32 Å². The minimum atomic E-state index is -0.317. The molecule has 1 saturated heterocycles. The Kier molecular flexibility index (Phi) is 5.42. The van der Waals surface area contributed by atoms with Gasteiger partial charge in [-0.2, -0.15) is 0 Å². The summed E-state index contributed by atoms with van der Waals surface area (Å²) in [6.45, 7) is 3.15. The number of nitrogens with zero attached hydrogens (tertiary/aromatic N) is 1. The van der Waals surface area contributed by atoms with Crippen LogP contribution in [-0.2, 0) is 14.9 Å². The number of methoxy groups -OCH3 is 1. The maximum Gasteiger partial charge on any atom is 0.317 e. The van der Waals surface area contributed by atoms with Gasteiger partial charge in [0.15, 0.2) is 0 Å². The Balaban J connectivity index is 1.16. The molecule has 7 rings (SSSR count). The summed E-state index contributed by atoms with van der Waals surface area (Å²) < 4.78 is 20.2. The Morgan fingerprint density at radius 3 is 2.35 bits per heavy atom. The number of hydrogen-bond donors (Lipinski definition) is 1. The lowest BCUT2D eigenvalue weighted by molar-refractivity contribution is -0.145. The normalized spacial score (nSPS) is 35.8. The molecule has 4 bridgehead atoms. The quantitative estimate of drug-likeness (QED) is 0.636. The van der Waals surface area contributed by atoms with E-state index in [9.17, 15) is 9.59 Å². The standard InChI is InChI=1S/C28H37FN2O3/c1-16(26(32)34-2)22-15-28(24-21(22)4-3-5-23(24)29)6-8-31(9-7-28)27(33)30-25-19-11-17-10-18(13-19)14-20(25)12-17/h3-5,16-20,22,25H,6-15H2,1-2H3,(H,30,33). The molecule has 6 aliphatic rings. The first kappa shape index (κ1) is 22.4. The fourth-order valence-corrected chi connectivity index (χ4v) is 8.83. The van der Waals surface area contributed by atoms with Gasteiger partial charge < -0.3 is 15.0 Å². The molecule has 2 amide bonds. The fourth-order valence-electron chi connectivity index (χ4n) is 8.83. The zero-order valence-corrected chi connectivity index (χ0v) is 20.4. The summed E-state index contributed by atoms with van der Waals surface area (Å²) in [6, 6.07) is 5.67. The van der Waals surface area contributed by atoms with Gasteiger partial charge in [-0.25, -0.2) is 9.18 Å². The molecule has 0 aromatic heterocycles. The average molecular weight is 469 g/mol. The van der Waals surface area contributed by atoms with E-state index in [4.69, 9.17) is 4.74 Å². The summed E-state index contributed by atoms with van der Waals surface area (Å²) >= 11 is 0. The van der Waals surface area contributed by atoms with Crippen LogP contribution in [0.15, 0.2) is 18.2 Å². The summed E-state index contributed by atoms with van der Waals surface area (Å²) in [5.41, 5.74) is 1.41. The zero-order chi connectivity index (χ0) is 23.6. The van der Waals surface area contributed by atoms with Gasteiger partial charge in [0.05, 0.1) is 13.0 Å². The van der Waals surface area contributed by atoms with E-state index in [0.29, 0.717) is 31.0 Å². The molecule has 1 aliphatic heterocycles. The third-order valence-electron chi connectivity index (χ3n) is 10.3. The van der Waals surface area contributed by atoms with Gasteiger partial charge in [-0.3, -0.25) is 4.79 Å². The van der Waals surface area contributed by atoms with E-state index in [0.717, 1.165) is 42.2 Å². The molecular formula is C28H37FN2O3. The van der Waals surface area contributed by atoms with Crippen molar-refractivity contribution in [3.05, 3.63) is 35.1 Å². The molecule has 1 N–H and O–H groups in total. The molecule has 0 radical (unpaired) electrons. The van der Waals surface area contributed by atoms with Gasteiger partial charge in [0.1, 0.15) is 5.82 Å². The Morgan fingerprint density at radius 2 is 1.74 bits per heavy atom.